The van der Waals surface area contributed by atoms with Crippen LogP contribution in [0.15, 0.2) is 69.6 Å². The monoisotopic (exact) mass is 475 g/mol. The number of para-hydroxylation sites is 1. The highest BCUT2D eigenvalue weighted by molar-refractivity contribution is 7.07. The molecule has 0 aliphatic carbocycles. The summed E-state index contributed by atoms with van der Waals surface area (Å²) in [6, 6.07) is 13.7. The lowest BCUT2D eigenvalue weighted by Crippen LogP contribution is -2.40. The minimum absolute atomic E-state index is 0.253. The van der Waals surface area contributed by atoms with Crippen LogP contribution in [0.2, 0.25) is 0 Å². The van der Waals surface area contributed by atoms with Gasteiger partial charge in [0.25, 0.3) is 11.5 Å². The van der Waals surface area contributed by atoms with Crippen LogP contribution in [0.3, 0.4) is 0 Å². The van der Waals surface area contributed by atoms with E-state index in [0.717, 1.165) is 17.0 Å². The first-order valence-electron chi connectivity index (χ1n) is 10.5. The zero-order valence-electron chi connectivity index (χ0n) is 19.0. The Bertz CT molecular complexity index is 1560. The third kappa shape index (κ3) is 3.12. The number of allylic oxidation sites excluding steroid dienone is 1. The summed E-state index contributed by atoms with van der Waals surface area (Å²) in [7, 11) is 4.55. The Labute approximate surface area is 198 Å². The van der Waals surface area contributed by atoms with E-state index in [-0.39, 0.29) is 21.6 Å². The molecule has 1 aromatic heterocycles. The molecule has 0 N–H and O–H groups in total. The lowest BCUT2D eigenvalue weighted by Gasteiger charge is -2.24. The number of amides is 1. The van der Waals surface area contributed by atoms with E-state index in [1.54, 1.807) is 45.3 Å². The first-order valence-corrected chi connectivity index (χ1v) is 11.3. The fraction of sp³-hybridized carbons (Fsp3) is 0.200. The zero-order valence-corrected chi connectivity index (χ0v) is 19.8. The van der Waals surface area contributed by atoms with Crippen LogP contribution in [0, 0.1) is 0 Å². The van der Waals surface area contributed by atoms with Crippen LogP contribution >= 0.6 is 11.3 Å². The zero-order chi connectivity index (χ0) is 24.1. The molecule has 0 radical (unpaired) electrons. The molecule has 34 heavy (non-hydrogen) atoms. The average Bonchev–Trinajstić information content (AvgIpc) is 3.30. The minimum atomic E-state index is -0.756. The number of thiazole rings is 1. The second-order valence-electron chi connectivity index (χ2n) is 7.92. The topological polar surface area (TPSA) is 90.2 Å². The van der Waals surface area contributed by atoms with E-state index in [2.05, 4.69) is 4.99 Å². The molecule has 0 fully saturated rings. The molecule has 172 valence electrons. The van der Waals surface area contributed by atoms with Crippen LogP contribution in [0.25, 0.3) is 5.57 Å². The van der Waals surface area contributed by atoms with Gasteiger partial charge in [-0.25, -0.2) is 9.79 Å². The molecule has 0 bridgehead atoms. The molecule has 1 amide bonds. The number of carbonyl (C=O) groups is 2. The maximum atomic E-state index is 13.9. The number of fused-ring (bicyclic) bond motifs is 2. The van der Waals surface area contributed by atoms with E-state index in [1.165, 1.54) is 16.6 Å². The van der Waals surface area contributed by atoms with Crippen molar-refractivity contribution in [3.05, 3.63) is 90.6 Å². The molecular weight excluding hydrogens is 454 g/mol. The second-order valence-corrected chi connectivity index (χ2v) is 8.90. The highest BCUT2D eigenvalue weighted by atomic mass is 32.1. The maximum Gasteiger partial charge on any atom is 0.338 e. The molecule has 0 saturated heterocycles. The number of rotatable bonds is 3. The molecule has 0 unspecified atom stereocenters. The Morgan fingerprint density at radius 2 is 1.76 bits per heavy atom. The molecule has 2 aromatic carbocycles. The summed E-state index contributed by atoms with van der Waals surface area (Å²) in [6.45, 7) is 1.72. The van der Waals surface area contributed by atoms with Crippen molar-refractivity contribution in [2.45, 2.75) is 13.0 Å². The van der Waals surface area contributed by atoms with Crippen molar-refractivity contribution in [3.63, 3.8) is 0 Å². The van der Waals surface area contributed by atoms with Gasteiger partial charge in [0.15, 0.2) is 4.80 Å². The summed E-state index contributed by atoms with van der Waals surface area (Å²) in [5, 5.41) is 0. The predicted octanol–water partition coefficient (Wildman–Crippen LogP) is 1.76. The maximum absolute atomic E-state index is 13.9. The summed E-state index contributed by atoms with van der Waals surface area (Å²) < 4.78 is 12.1. The van der Waals surface area contributed by atoms with E-state index < -0.39 is 12.0 Å². The van der Waals surface area contributed by atoms with Gasteiger partial charge in [-0.15, -0.1) is 0 Å². The SMILES string of the molecule is COC(=O)C1=C(C)N=c2sc(=C3C(=O)N(C)c4ccccc43)c(=O)n2[C@H]1c1ccc(OC)cc1. The van der Waals surface area contributed by atoms with Crippen molar-refractivity contribution in [1.82, 2.24) is 4.57 Å². The smallest absolute Gasteiger partial charge is 0.338 e. The number of ether oxygens (including phenoxy) is 2. The molecule has 3 heterocycles. The largest absolute Gasteiger partial charge is 0.497 e. The van der Waals surface area contributed by atoms with E-state index in [9.17, 15) is 14.4 Å². The Kier molecular flexibility index (Phi) is 5.21. The van der Waals surface area contributed by atoms with Gasteiger partial charge < -0.3 is 14.4 Å². The van der Waals surface area contributed by atoms with Gasteiger partial charge in [-0.05, 0) is 30.7 Å². The van der Waals surface area contributed by atoms with Crippen LogP contribution in [0.4, 0.5) is 5.69 Å². The van der Waals surface area contributed by atoms with Gasteiger partial charge in [0, 0.05) is 12.6 Å². The normalized spacial score (nSPS) is 18.4. The van der Waals surface area contributed by atoms with Gasteiger partial charge in [0.05, 0.1) is 42.8 Å². The molecular formula is C25H21N3O5S. The Balaban J connectivity index is 1.83. The van der Waals surface area contributed by atoms with Gasteiger partial charge in [0.1, 0.15) is 10.3 Å². The third-order valence-corrected chi connectivity index (χ3v) is 7.17. The van der Waals surface area contributed by atoms with E-state index in [4.69, 9.17) is 9.47 Å². The third-order valence-electron chi connectivity index (χ3n) is 6.11. The summed E-state index contributed by atoms with van der Waals surface area (Å²) in [4.78, 5) is 46.3. The van der Waals surface area contributed by atoms with Gasteiger partial charge in [0.2, 0.25) is 0 Å². The van der Waals surface area contributed by atoms with Crippen molar-refractivity contribution in [1.29, 1.82) is 0 Å². The summed E-state index contributed by atoms with van der Waals surface area (Å²) in [5.41, 5.74) is 2.83. The van der Waals surface area contributed by atoms with Crippen molar-refractivity contribution in [2.75, 3.05) is 26.2 Å². The van der Waals surface area contributed by atoms with Crippen LogP contribution in [0.1, 0.15) is 24.1 Å². The lowest BCUT2D eigenvalue weighted by molar-refractivity contribution is -0.136. The minimum Gasteiger partial charge on any atom is -0.497 e. The molecule has 1 atom stereocenters. The summed E-state index contributed by atoms with van der Waals surface area (Å²) in [6.07, 6.45) is 0. The van der Waals surface area contributed by atoms with Crippen molar-refractivity contribution in [3.8, 4) is 5.75 Å². The molecule has 9 heteroatoms. The molecule has 3 aromatic rings. The standard InChI is InChI=1S/C25H21N3O5S/c1-13-18(24(31)33-4)20(14-9-11-15(32-3)12-10-14)28-23(30)21(34-25(28)26-13)19-16-7-5-6-8-17(16)27(2)22(19)29/h5-12,20H,1-4H3/t20-/m0/s1. The van der Waals surface area contributed by atoms with Crippen molar-refractivity contribution >= 4 is 34.5 Å². The molecule has 8 nitrogen and oxygen atoms in total. The molecule has 0 saturated carbocycles. The van der Waals surface area contributed by atoms with E-state index in [1.807, 2.05) is 24.3 Å². The van der Waals surface area contributed by atoms with Crippen LogP contribution in [0.5, 0.6) is 5.75 Å². The Morgan fingerprint density at radius 1 is 1.06 bits per heavy atom. The van der Waals surface area contributed by atoms with Crippen LogP contribution in [-0.2, 0) is 14.3 Å². The Hall–Kier alpha value is -3.98. The van der Waals surface area contributed by atoms with Crippen LogP contribution in [-0.4, -0.2) is 37.7 Å². The number of aromatic nitrogens is 1. The van der Waals surface area contributed by atoms with Gasteiger partial charge in [-0.2, -0.15) is 0 Å². The number of hydrogen-bond acceptors (Lipinski definition) is 7. The number of hydrogen-bond donors (Lipinski definition) is 0. The van der Waals surface area contributed by atoms with Crippen LogP contribution < -0.4 is 24.5 Å². The van der Waals surface area contributed by atoms with Gasteiger partial charge in [-0.3, -0.25) is 14.2 Å². The van der Waals surface area contributed by atoms with Gasteiger partial charge in [-0.1, -0.05) is 41.7 Å². The fourth-order valence-electron chi connectivity index (χ4n) is 4.43. The average molecular weight is 476 g/mol. The first kappa shape index (κ1) is 21.8. The first-order chi connectivity index (χ1) is 16.4. The molecule has 0 spiro atoms. The number of likely N-dealkylation sites (N-methyl/N-ethyl adjacent to an activating group) is 1. The number of carbonyl (C=O) groups excluding carboxylic acids is 2. The van der Waals surface area contributed by atoms with E-state index >= 15 is 0 Å². The molecule has 2 aliphatic rings. The number of anilines is 1. The number of methoxy groups -OCH3 is 2. The quantitative estimate of drug-likeness (QED) is 0.539. The fourth-order valence-corrected chi connectivity index (χ4v) is 5.57. The molecule has 2 aliphatic heterocycles. The van der Waals surface area contributed by atoms with Gasteiger partial charge >= 0.3 is 5.97 Å². The highest BCUT2D eigenvalue weighted by Crippen LogP contribution is 2.34. The number of benzene rings is 2. The predicted molar refractivity (Wildman–Crippen MR) is 128 cm³/mol. The van der Waals surface area contributed by atoms with E-state index in [0.29, 0.717) is 32.9 Å². The number of esters is 1. The summed E-state index contributed by atoms with van der Waals surface area (Å²) >= 11 is 1.15. The highest BCUT2D eigenvalue weighted by Gasteiger charge is 2.36. The lowest BCUT2D eigenvalue weighted by atomic mass is 9.96. The Morgan fingerprint density at radius 3 is 2.44 bits per heavy atom. The van der Waals surface area contributed by atoms with Crippen molar-refractivity contribution < 1.29 is 19.1 Å². The van der Waals surface area contributed by atoms with Crippen molar-refractivity contribution in [2.24, 2.45) is 4.99 Å². The number of nitrogens with zero attached hydrogens (tertiary/aromatic N) is 3. The molecule has 5 rings (SSSR count). The summed E-state index contributed by atoms with van der Waals surface area (Å²) in [5.74, 6) is -0.173. The second kappa shape index (κ2) is 8.11.